The zero-order valence-electron chi connectivity index (χ0n) is 11.6. The Labute approximate surface area is 123 Å². The van der Waals surface area contributed by atoms with Gasteiger partial charge in [-0.1, -0.05) is 11.8 Å². The zero-order chi connectivity index (χ0) is 14.4. The van der Waals surface area contributed by atoms with Gasteiger partial charge in [0.15, 0.2) is 0 Å². The van der Waals surface area contributed by atoms with Crippen LogP contribution >= 0.6 is 11.3 Å². The number of carbonyl (C=O) groups is 1. The summed E-state index contributed by atoms with van der Waals surface area (Å²) in [6.07, 6.45) is 3.51. The van der Waals surface area contributed by atoms with Crippen molar-refractivity contribution in [1.82, 2.24) is 5.32 Å². The van der Waals surface area contributed by atoms with Crippen LogP contribution in [0, 0.1) is 11.8 Å². The van der Waals surface area contributed by atoms with Crippen molar-refractivity contribution in [3.8, 4) is 11.8 Å². The maximum absolute atomic E-state index is 11.9. The Balaban J connectivity index is 1.79. The predicted molar refractivity (Wildman–Crippen MR) is 78.3 cm³/mol. The molecule has 108 valence electrons. The molecule has 0 unspecified atom stereocenters. The topological polar surface area (TPSA) is 58.6 Å². The van der Waals surface area contributed by atoms with E-state index in [0.29, 0.717) is 13.0 Å². The first-order valence-electron chi connectivity index (χ1n) is 6.68. The molecule has 0 atom stereocenters. The van der Waals surface area contributed by atoms with E-state index in [9.17, 15) is 4.79 Å². The van der Waals surface area contributed by atoms with Crippen LogP contribution in [0.15, 0.2) is 12.1 Å². The van der Waals surface area contributed by atoms with E-state index in [1.807, 2.05) is 12.1 Å². The molecule has 1 aliphatic carbocycles. The van der Waals surface area contributed by atoms with E-state index in [2.05, 4.69) is 17.2 Å². The number of amides is 1. The summed E-state index contributed by atoms with van der Waals surface area (Å²) in [7, 11) is 1.68. The molecule has 20 heavy (non-hydrogen) atoms. The number of aliphatic hydroxyl groups is 1. The molecule has 0 radical (unpaired) electrons. The highest BCUT2D eigenvalue weighted by atomic mass is 32.1. The minimum atomic E-state index is -0.225. The highest BCUT2D eigenvalue weighted by Crippen LogP contribution is 2.37. The van der Waals surface area contributed by atoms with Crippen LogP contribution in [-0.2, 0) is 16.1 Å². The molecule has 0 spiro atoms. The Morgan fingerprint density at radius 2 is 2.35 bits per heavy atom. The molecule has 2 rings (SSSR count). The molecule has 2 N–H and O–H groups in total. The van der Waals surface area contributed by atoms with Gasteiger partial charge in [-0.15, -0.1) is 11.3 Å². The molecule has 1 aliphatic rings. The maximum atomic E-state index is 11.9. The van der Waals surface area contributed by atoms with Crippen LogP contribution in [0.25, 0.3) is 0 Å². The molecule has 0 aliphatic heterocycles. The van der Waals surface area contributed by atoms with E-state index in [4.69, 9.17) is 9.84 Å². The fraction of sp³-hybridized carbons (Fsp3) is 0.533. The van der Waals surface area contributed by atoms with Gasteiger partial charge in [0, 0.05) is 12.0 Å². The first-order chi connectivity index (χ1) is 9.67. The van der Waals surface area contributed by atoms with Crippen LogP contribution in [0.5, 0.6) is 0 Å². The summed E-state index contributed by atoms with van der Waals surface area (Å²) in [5.41, 5.74) is -0.225. The van der Waals surface area contributed by atoms with E-state index >= 15 is 0 Å². The van der Waals surface area contributed by atoms with E-state index in [0.717, 1.165) is 29.0 Å². The number of aliphatic hydroxyl groups excluding tert-OH is 1. The third-order valence-corrected chi connectivity index (χ3v) is 4.59. The number of nitrogens with one attached hydrogen (secondary N) is 1. The summed E-state index contributed by atoms with van der Waals surface area (Å²) in [6, 6.07) is 3.85. The first-order valence-corrected chi connectivity index (χ1v) is 7.49. The van der Waals surface area contributed by atoms with Gasteiger partial charge in [-0.05, 0) is 31.4 Å². The molecule has 0 aromatic carbocycles. The number of hydrogen-bond acceptors (Lipinski definition) is 4. The van der Waals surface area contributed by atoms with Gasteiger partial charge in [0.2, 0.25) is 5.91 Å². The SMILES string of the molecule is COC1(CC(=O)NCc2ccc(C#CCO)s2)CCC1. The standard InChI is InChI=1S/C15H19NO3S/c1-19-15(7-3-8-15)10-14(18)16-11-13-6-5-12(20-13)4-2-9-17/h5-6,17H,3,7-11H2,1H3,(H,16,18). The molecule has 0 saturated heterocycles. The van der Waals surface area contributed by atoms with Crippen LogP contribution in [0.2, 0.25) is 0 Å². The molecule has 1 fully saturated rings. The van der Waals surface area contributed by atoms with Gasteiger partial charge in [-0.25, -0.2) is 0 Å². The number of rotatable bonds is 5. The highest BCUT2D eigenvalue weighted by molar-refractivity contribution is 7.12. The van der Waals surface area contributed by atoms with Crippen LogP contribution in [0.3, 0.4) is 0 Å². The van der Waals surface area contributed by atoms with E-state index in [1.54, 1.807) is 7.11 Å². The van der Waals surface area contributed by atoms with Gasteiger partial charge in [0.25, 0.3) is 0 Å². The molecule has 1 aromatic heterocycles. The van der Waals surface area contributed by atoms with E-state index in [1.165, 1.54) is 11.3 Å². The van der Waals surface area contributed by atoms with Crippen molar-refractivity contribution in [3.05, 3.63) is 21.9 Å². The Morgan fingerprint density at radius 3 is 2.95 bits per heavy atom. The van der Waals surface area contributed by atoms with Crippen LogP contribution in [0.1, 0.15) is 35.4 Å². The molecule has 0 bridgehead atoms. The van der Waals surface area contributed by atoms with Crippen molar-refractivity contribution >= 4 is 17.2 Å². The molecule has 4 nitrogen and oxygen atoms in total. The second kappa shape index (κ2) is 6.89. The lowest BCUT2D eigenvalue weighted by Crippen LogP contribution is -2.43. The second-order valence-corrected chi connectivity index (χ2v) is 6.09. The van der Waals surface area contributed by atoms with Crippen molar-refractivity contribution in [1.29, 1.82) is 0 Å². The molecule has 1 amide bonds. The average Bonchev–Trinajstić information content (AvgIpc) is 2.86. The minimum absolute atomic E-state index is 0.0305. The van der Waals surface area contributed by atoms with Gasteiger partial charge >= 0.3 is 0 Å². The summed E-state index contributed by atoms with van der Waals surface area (Å²) < 4.78 is 5.44. The number of hydrogen-bond donors (Lipinski definition) is 2. The molecule has 1 heterocycles. The fourth-order valence-corrected chi connectivity index (χ4v) is 3.05. The van der Waals surface area contributed by atoms with Gasteiger partial charge in [-0.2, -0.15) is 0 Å². The normalized spacial score (nSPS) is 15.9. The largest absolute Gasteiger partial charge is 0.384 e. The summed E-state index contributed by atoms with van der Waals surface area (Å²) >= 11 is 1.53. The van der Waals surface area contributed by atoms with Gasteiger partial charge in [-0.3, -0.25) is 4.79 Å². The van der Waals surface area contributed by atoms with Crippen LogP contribution in [0.4, 0.5) is 0 Å². The van der Waals surface area contributed by atoms with E-state index in [-0.39, 0.29) is 18.1 Å². The first kappa shape index (κ1) is 15.0. The quantitative estimate of drug-likeness (QED) is 0.812. The molecule has 1 saturated carbocycles. The molecular formula is C15H19NO3S. The summed E-state index contributed by atoms with van der Waals surface area (Å²) in [4.78, 5) is 13.9. The van der Waals surface area contributed by atoms with Gasteiger partial charge < -0.3 is 15.2 Å². The lowest BCUT2D eigenvalue weighted by Gasteiger charge is -2.39. The minimum Gasteiger partial charge on any atom is -0.384 e. The molecule has 1 aromatic rings. The Hall–Kier alpha value is -1.35. The smallest absolute Gasteiger partial charge is 0.223 e. The molecular weight excluding hydrogens is 274 g/mol. The number of ether oxygens (including phenoxy) is 1. The highest BCUT2D eigenvalue weighted by Gasteiger charge is 2.38. The maximum Gasteiger partial charge on any atom is 0.223 e. The third-order valence-electron chi connectivity index (χ3n) is 3.59. The van der Waals surface area contributed by atoms with Crippen molar-refractivity contribution < 1.29 is 14.6 Å². The Kier molecular flexibility index (Phi) is 5.18. The van der Waals surface area contributed by atoms with Crippen molar-refractivity contribution in [2.45, 2.75) is 37.8 Å². The fourth-order valence-electron chi connectivity index (χ4n) is 2.23. The van der Waals surface area contributed by atoms with Crippen molar-refractivity contribution in [3.63, 3.8) is 0 Å². The molecule has 5 heteroatoms. The number of methoxy groups -OCH3 is 1. The lowest BCUT2D eigenvalue weighted by molar-refractivity contribution is -0.134. The van der Waals surface area contributed by atoms with Crippen molar-refractivity contribution in [2.24, 2.45) is 0 Å². The number of carbonyl (C=O) groups excluding carboxylic acids is 1. The summed E-state index contributed by atoms with van der Waals surface area (Å²) in [5, 5.41) is 11.6. The zero-order valence-corrected chi connectivity index (χ0v) is 12.4. The Bertz CT molecular complexity index is 517. The summed E-state index contributed by atoms with van der Waals surface area (Å²) in [5.74, 6) is 5.49. The van der Waals surface area contributed by atoms with E-state index < -0.39 is 0 Å². The van der Waals surface area contributed by atoms with Crippen LogP contribution in [-0.4, -0.2) is 30.3 Å². The Morgan fingerprint density at radius 1 is 1.55 bits per heavy atom. The van der Waals surface area contributed by atoms with Crippen LogP contribution < -0.4 is 5.32 Å². The second-order valence-electron chi connectivity index (χ2n) is 4.92. The van der Waals surface area contributed by atoms with Crippen molar-refractivity contribution in [2.75, 3.05) is 13.7 Å². The average molecular weight is 293 g/mol. The van der Waals surface area contributed by atoms with Gasteiger partial charge in [0.05, 0.1) is 23.4 Å². The van der Waals surface area contributed by atoms with Gasteiger partial charge in [0.1, 0.15) is 6.61 Å². The predicted octanol–water partition coefficient (Wildman–Crippen LogP) is 1.67. The third kappa shape index (κ3) is 3.83. The number of thiophene rings is 1. The summed E-state index contributed by atoms with van der Waals surface area (Å²) in [6.45, 7) is 0.382. The lowest BCUT2D eigenvalue weighted by atomic mass is 9.77. The monoisotopic (exact) mass is 293 g/mol.